The molecule has 1 aromatic rings. The van der Waals surface area contributed by atoms with Gasteiger partial charge in [0.2, 0.25) is 0 Å². The molecule has 1 nitrogen and oxygen atoms in total. The van der Waals surface area contributed by atoms with Gasteiger partial charge in [0.1, 0.15) is 0 Å². The first-order chi connectivity index (χ1) is 7.63. The van der Waals surface area contributed by atoms with Crippen molar-refractivity contribution in [3.05, 3.63) is 34.9 Å². The van der Waals surface area contributed by atoms with Crippen LogP contribution in [0.25, 0.3) is 0 Å². The van der Waals surface area contributed by atoms with Crippen molar-refractivity contribution in [2.75, 3.05) is 6.54 Å². The third kappa shape index (κ3) is 4.54. The number of nitrogens with one attached hydrogen (secondary N) is 1. The topological polar surface area (TPSA) is 12.0 Å². The first kappa shape index (κ1) is 13.5. The van der Waals surface area contributed by atoms with Crippen LogP contribution in [-0.2, 0) is 6.54 Å². The minimum Gasteiger partial charge on any atom is -0.311 e. The molecule has 0 radical (unpaired) electrons. The Morgan fingerprint density at radius 1 is 1.25 bits per heavy atom. The van der Waals surface area contributed by atoms with E-state index in [-0.39, 0.29) is 5.38 Å². The van der Waals surface area contributed by atoms with E-state index in [1.54, 1.807) is 0 Å². The van der Waals surface area contributed by atoms with Gasteiger partial charge in [0.05, 0.1) is 0 Å². The number of aryl methyl sites for hydroxylation is 2. The molecular formula is C14H22ClN. The summed E-state index contributed by atoms with van der Waals surface area (Å²) in [6.07, 6.45) is 2.24. The molecule has 0 spiro atoms. The highest BCUT2D eigenvalue weighted by atomic mass is 35.5. The lowest BCUT2D eigenvalue weighted by molar-refractivity contribution is 0.623. The Balaban J connectivity index is 2.34. The first-order valence-electron chi connectivity index (χ1n) is 6.04. The van der Waals surface area contributed by atoms with Crippen LogP contribution >= 0.6 is 11.6 Å². The number of hydrogen-bond acceptors (Lipinski definition) is 1. The second kappa shape index (κ2) is 6.93. The molecule has 0 aliphatic carbocycles. The van der Waals surface area contributed by atoms with Crippen LogP contribution in [0, 0.1) is 13.8 Å². The quantitative estimate of drug-likeness (QED) is 0.745. The van der Waals surface area contributed by atoms with Crippen molar-refractivity contribution in [1.29, 1.82) is 0 Å². The van der Waals surface area contributed by atoms with Gasteiger partial charge in [-0.2, -0.15) is 0 Å². The lowest BCUT2D eigenvalue weighted by Crippen LogP contribution is -2.22. The average molecular weight is 240 g/mol. The zero-order chi connectivity index (χ0) is 12.0. The smallest absolute Gasteiger partial charge is 0.0460 e. The van der Waals surface area contributed by atoms with Crippen LogP contribution in [0.2, 0.25) is 0 Å². The highest BCUT2D eigenvalue weighted by Crippen LogP contribution is 2.10. The fourth-order valence-corrected chi connectivity index (χ4v) is 2.03. The molecule has 0 aromatic heterocycles. The van der Waals surface area contributed by atoms with E-state index in [0.717, 1.165) is 25.9 Å². The van der Waals surface area contributed by atoms with Gasteiger partial charge >= 0.3 is 0 Å². The highest BCUT2D eigenvalue weighted by Gasteiger charge is 2.02. The number of benzene rings is 1. The van der Waals surface area contributed by atoms with Crippen molar-refractivity contribution in [3.63, 3.8) is 0 Å². The molecule has 0 fully saturated rings. The SMILES string of the molecule is CCCC(Cl)CNCc1ccc(C)c(C)c1. The van der Waals surface area contributed by atoms with Gasteiger partial charge in [0.15, 0.2) is 0 Å². The zero-order valence-corrected chi connectivity index (χ0v) is 11.3. The summed E-state index contributed by atoms with van der Waals surface area (Å²) in [6, 6.07) is 6.60. The molecule has 1 rings (SSSR count). The summed E-state index contributed by atoms with van der Waals surface area (Å²) in [5.41, 5.74) is 4.05. The predicted octanol–water partition coefficient (Wildman–Crippen LogP) is 3.80. The maximum atomic E-state index is 6.14. The number of rotatable bonds is 6. The van der Waals surface area contributed by atoms with Crippen molar-refractivity contribution in [3.8, 4) is 0 Å². The predicted molar refractivity (Wildman–Crippen MR) is 72.2 cm³/mol. The van der Waals surface area contributed by atoms with Gasteiger partial charge in [-0.15, -0.1) is 11.6 Å². The van der Waals surface area contributed by atoms with E-state index in [4.69, 9.17) is 11.6 Å². The minimum absolute atomic E-state index is 0.261. The largest absolute Gasteiger partial charge is 0.311 e. The molecule has 0 aliphatic rings. The lowest BCUT2D eigenvalue weighted by Gasteiger charge is -2.10. The molecule has 0 saturated heterocycles. The maximum Gasteiger partial charge on any atom is 0.0460 e. The molecule has 1 atom stereocenters. The summed E-state index contributed by atoms with van der Waals surface area (Å²) in [5, 5.41) is 3.66. The van der Waals surface area contributed by atoms with E-state index in [9.17, 15) is 0 Å². The van der Waals surface area contributed by atoms with E-state index < -0.39 is 0 Å². The Bertz CT molecular complexity index is 323. The van der Waals surface area contributed by atoms with Gasteiger partial charge in [-0.3, -0.25) is 0 Å². The van der Waals surface area contributed by atoms with E-state index in [0.29, 0.717) is 0 Å². The van der Waals surface area contributed by atoms with E-state index >= 15 is 0 Å². The van der Waals surface area contributed by atoms with Gasteiger partial charge in [-0.1, -0.05) is 31.5 Å². The number of hydrogen-bond donors (Lipinski definition) is 1. The normalized spacial score (nSPS) is 12.8. The maximum absolute atomic E-state index is 6.14. The van der Waals surface area contributed by atoms with Gasteiger partial charge in [0.25, 0.3) is 0 Å². The Kier molecular flexibility index (Phi) is 5.86. The molecule has 1 unspecified atom stereocenters. The molecule has 90 valence electrons. The van der Waals surface area contributed by atoms with E-state index in [1.165, 1.54) is 16.7 Å². The van der Waals surface area contributed by atoms with Gasteiger partial charge < -0.3 is 5.32 Å². The van der Waals surface area contributed by atoms with Gasteiger partial charge in [-0.25, -0.2) is 0 Å². The highest BCUT2D eigenvalue weighted by molar-refractivity contribution is 6.20. The fourth-order valence-electron chi connectivity index (χ4n) is 1.70. The molecule has 2 heteroatoms. The molecule has 0 saturated carbocycles. The van der Waals surface area contributed by atoms with Crippen LogP contribution in [0.1, 0.15) is 36.5 Å². The summed E-state index contributed by atoms with van der Waals surface area (Å²) < 4.78 is 0. The summed E-state index contributed by atoms with van der Waals surface area (Å²) in [4.78, 5) is 0. The summed E-state index contributed by atoms with van der Waals surface area (Å²) in [5.74, 6) is 0. The standard InChI is InChI=1S/C14H22ClN/c1-4-5-14(15)10-16-9-13-7-6-11(2)12(3)8-13/h6-8,14,16H,4-5,9-10H2,1-3H3. The molecule has 0 heterocycles. The lowest BCUT2D eigenvalue weighted by atomic mass is 10.1. The molecule has 0 bridgehead atoms. The van der Waals surface area contributed by atoms with Crippen LogP contribution in [0.3, 0.4) is 0 Å². The molecule has 0 amide bonds. The number of alkyl halides is 1. The fraction of sp³-hybridized carbons (Fsp3) is 0.571. The molecule has 16 heavy (non-hydrogen) atoms. The second-order valence-corrected chi connectivity index (χ2v) is 5.05. The van der Waals surface area contributed by atoms with Crippen LogP contribution < -0.4 is 5.32 Å². The van der Waals surface area contributed by atoms with Crippen LogP contribution in [0.15, 0.2) is 18.2 Å². The monoisotopic (exact) mass is 239 g/mol. The summed E-state index contributed by atoms with van der Waals surface area (Å²) in [7, 11) is 0. The Labute approximate surface area is 104 Å². The van der Waals surface area contributed by atoms with E-state index in [2.05, 4.69) is 44.3 Å². The minimum atomic E-state index is 0.261. The summed E-state index contributed by atoms with van der Waals surface area (Å²) in [6.45, 7) is 8.26. The van der Waals surface area contributed by atoms with Gasteiger partial charge in [-0.05, 0) is 37.0 Å². The average Bonchev–Trinajstić information content (AvgIpc) is 2.24. The van der Waals surface area contributed by atoms with Crippen LogP contribution in [0.5, 0.6) is 0 Å². The third-order valence-corrected chi connectivity index (χ3v) is 3.24. The van der Waals surface area contributed by atoms with Crippen LogP contribution in [-0.4, -0.2) is 11.9 Å². The van der Waals surface area contributed by atoms with Crippen LogP contribution in [0.4, 0.5) is 0 Å². The molecular weight excluding hydrogens is 218 g/mol. The number of halogens is 1. The Morgan fingerprint density at radius 2 is 2.00 bits per heavy atom. The molecule has 0 aliphatic heterocycles. The van der Waals surface area contributed by atoms with Crippen molar-refractivity contribution in [2.45, 2.75) is 45.5 Å². The van der Waals surface area contributed by atoms with Crippen molar-refractivity contribution < 1.29 is 0 Å². The van der Waals surface area contributed by atoms with Crippen molar-refractivity contribution in [1.82, 2.24) is 5.32 Å². The molecule has 1 aromatic carbocycles. The van der Waals surface area contributed by atoms with Crippen molar-refractivity contribution >= 4 is 11.6 Å². The Hall–Kier alpha value is -0.530. The van der Waals surface area contributed by atoms with Crippen molar-refractivity contribution in [2.24, 2.45) is 0 Å². The summed E-state index contributed by atoms with van der Waals surface area (Å²) >= 11 is 6.14. The third-order valence-electron chi connectivity index (χ3n) is 2.87. The van der Waals surface area contributed by atoms with Gasteiger partial charge in [0, 0.05) is 18.5 Å². The zero-order valence-electron chi connectivity index (χ0n) is 10.5. The Morgan fingerprint density at radius 3 is 2.62 bits per heavy atom. The second-order valence-electron chi connectivity index (χ2n) is 4.44. The first-order valence-corrected chi connectivity index (χ1v) is 6.48. The molecule has 1 N–H and O–H groups in total. The van der Waals surface area contributed by atoms with E-state index in [1.807, 2.05) is 0 Å².